The molecule has 1 N–H and O–H groups in total. The summed E-state index contributed by atoms with van der Waals surface area (Å²) in [7, 11) is 0. The molecule has 1 aromatic rings. The number of benzene rings is 1. The average molecular weight is 301 g/mol. The van der Waals surface area contributed by atoms with Crippen molar-refractivity contribution >= 4 is 35.2 Å². The highest BCUT2D eigenvalue weighted by Crippen LogP contribution is 2.36. The fourth-order valence-electron chi connectivity index (χ4n) is 1.16. The third-order valence-corrected chi connectivity index (χ3v) is 2.50. The van der Waals surface area contributed by atoms with E-state index in [1.807, 2.05) is 6.92 Å². The first-order chi connectivity index (χ1) is 9.19. The first kappa shape index (κ1) is 15.6. The van der Waals surface area contributed by atoms with Crippen molar-refractivity contribution in [2.45, 2.75) is 13.8 Å². The van der Waals surface area contributed by atoms with E-state index in [-0.39, 0.29) is 6.61 Å². The monoisotopic (exact) mass is 300 g/mol. The lowest BCUT2D eigenvalue weighted by Gasteiger charge is -2.08. The van der Waals surface area contributed by atoms with Crippen LogP contribution in [0.4, 0.5) is 5.69 Å². The number of ether oxygens (including phenoxy) is 1. The van der Waals surface area contributed by atoms with Gasteiger partial charge in [-0.1, -0.05) is 29.1 Å². The molecule has 0 spiro atoms. The average Bonchev–Trinajstić information content (AvgIpc) is 2.38. The Morgan fingerprint density at radius 3 is 2.63 bits per heavy atom. The molecule has 0 aromatic heterocycles. The van der Waals surface area contributed by atoms with Crippen molar-refractivity contribution in [2.24, 2.45) is 4.99 Å². The lowest BCUT2D eigenvalue weighted by atomic mass is 10.3. The maximum absolute atomic E-state index is 6.07. The molecule has 0 radical (unpaired) electrons. The van der Waals surface area contributed by atoms with E-state index in [4.69, 9.17) is 32.8 Å². The summed E-state index contributed by atoms with van der Waals surface area (Å²) in [6, 6.07) is 3.29. The highest BCUT2D eigenvalue weighted by Gasteiger charge is 2.08. The second kappa shape index (κ2) is 8.65. The number of nitrogens with zero attached hydrogens (tertiary/aromatic N) is 1. The summed E-state index contributed by atoms with van der Waals surface area (Å²) in [4.78, 5) is 8.99. The molecule has 0 fully saturated rings. The van der Waals surface area contributed by atoms with Gasteiger partial charge in [0, 0.05) is 0 Å². The summed E-state index contributed by atoms with van der Waals surface area (Å²) in [5, 5.41) is 0.767. The van der Waals surface area contributed by atoms with Gasteiger partial charge in [0.25, 0.3) is 0 Å². The maximum atomic E-state index is 6.07. The Hall–Kier alpha value is -1.41. The molecule has 0 saturated carbocycles. The number of hydrogen-bond donors (Lipinski definition) is 1. The highest BCUT2D eigenvalue weighted by molar-refractivity contribution is 6.37. The Morgan fingerprint density at radius 1 is 1.37 bits per heavy atom. The summed E-state index contributed by atoms with van der Waals surface area (Å²) in [6.07, 6.45) is 1.41. The zero-order valence-electron chi connectivity index (χ0n) is 10.7. The summed E-state index contributed by atoms with van der Waals surface area (Å²) in [5.41, 5.74) is 3.15. The van der Waals surface area contributed by atoms with Crippen LogP contribution in [0.2, 0.25) is 10.0 Å². The molecule has 0 saturated heterocycles. The van der Waals surface area contributed by atoms with E-state index in [1.165, 1.54) is 6.34 Å². The van der Waals surface area contributed by atoms with Crippen LogP contribution >= 0.6 is 23.2 Å². The lowest BCUT2D eigenvalue weighted by molar-refractivity contribution is 0.100. The molecule has 1 aromatic carbocycles. The van der Waals surface area contributed by atoms with E-state index >= 15 is 0 Å². The van der Waals surface area contributed by atoms with Crippen LogP contribution in [0.1, 0.15) is 13.8 Å². The second-order valence-corrected chi connectivity index (χ2v) is 4.08. The number of hydrogen-bond acceptors (Lipinski definition) is 3. The number of hydroxylamine groups is 1. The zero-order valence-corrected chi connectivity index (χ0v) is 12.2. The minimum Gasteiger partial charge on any atom is -0.478 e. The van der Waals surface area contributed by atoms with Crippen LogP contribution < -0.4 is 10.2 Å². The first-order valence-electron chi connectivity index (χ1n) is 5.60. The van der Waals surface area contributed by atoms with Crippen molar-refractivity contribution < 1.29 is 9.57 Å². The van der Waals surface area contributed by atoms with Crippen LogP contribution in [0.3, 0.4) is 0 Å². The molecule has 19 heavy (non-hydrogen) atoms. The lowest BCUT2D eigenvalue weighted by Crippen LogP contribution is -2.10. The Morgan fingerprint density at radius 2 is 2.05 bits per heavy atom. The van der Waals surface area contributed by atoms with Gasteiger partial charge in [0.2, 0.25) is 0 Å². The fourth-order valence-corrected chi connectivity index (χ4v) is 1.75. The quantitative estimate of drug-likeness (QED) is 0.287. The van der Waals surface area contributed by atoms with E-state index in [0.717, 1.165) is 0 Å². The molecule has 0 bridgehead atoms. The van der Waals surface area contributed by atoms with E-state index in [9.17, 15) is 0 Å². The minimum atomic E-state index is 0.241. The van der Waals surface area contributed by atoms with Crippen LogP contribution in [0.25, 0.3) is 0 Å². The number of aliphatic imine (C=N–C) groups is 1. The zero-order chi connectivity index (χ0) is 14.1. The summed E-state index contributed by atoms with van der Waals surface area (Å²) in [6.45, 7) is 4.37. The largest absolute Gasteiger partial charge is 0.478 e. The van der Waals surface area contributed by atoms with E-state index in [0.29, 0.717) is 28.1 Å². The molecule has 4 nitrogen and oxygen atoms in total. The minimum absolute atomic E-state index is 0.241. The molecule has 0 aliphatic carbocycles. The molecule has 0 aliphatic rings. The smallest absolute Gasteiger partial charge is 0.158 e. The molecule has 6 heteroatoms. The highest BCUT2D eigenvalue weighted by atomic mass is 35.5. The topological polar surface area (TPSA) is 42.8 Å². The van der Waals surface area contributed by atoms with Crippen LogP contribution in [0.5, 0.6) is 5.75 Å². The molecule has 102 valence electrons. The normalized spacial score (nSPS) is 10.1. The third-order valence-electron chi connectivity index (χ3n) is 1.94. The number of rotatable bonds is 6. The summed E-state index contributed by atoms with van der Waals surface area (Å²) < 4.78 is 5.38. The van der Waals surface area contributed by atoms with E-state index in [1.54, 1.807) is 19.1 Å². The predicted octanol–water partition coefficient (Wildman–Crippen LogP) is 3.60. The van der Waals surface area contributed by atoms with Gasteiger partial charge in [0.15, 0.2) is 5.75 Å². The van der Waals surface area contributed by atoms with Gasteiger partial charge in [0.1, 0.15) is 12.9 Å². The van der Waals surface area contributed by atoms with Gasteiger partial charge in [-0.3, -0.25) is 10.3 Å². The van der Waals surface area contributed by atoms with Crippen molar-refractivity contribution in [1.29, 1.82) is 0 Å². The van der Waals surface area contributed by atoms with Crippen LogP contribution in [-0.4, -0.2) is 19.6 Å². The van der Waals surface area contributed by atoms with E-state index < -0.39 is 0 Å². The molecule has 0 amide bonds. The summed E-state index contributed by atoms with van der Waals surface area (Å²) >= 11 is 12.1. The summed E-state index contributed by atoms with van der Waals surface area (Å²) in [5.74, 6) is 5.90. The van der Waals surface area contributed by atoms with Crippen LogP contribution in [0, 0.1) is 11.8 Å². The first-order valence-corrected chi connectivity index (χ1v) is 6.36. The van der Waals surface area contributed by atoms with Gasteiger partial charge < -0.3 is 4.74 Å². The SMILES string of the molecule is CC#CCOc1c(Cl)cc(N=CNOCC)cc1Cl. The predicted molar refractivity (Wildman–Crippen MR) is 78.3 cm³/mol. The van der Waals surface area contributed by atoms with Gasteiger partial charge in [-0.15, -0.1) is 5.92 Å². The van der Waals surface area contributed by atoms with Crippen LogP contribution in [0.15, 0.2) is 17.1 Å². The second-order valence-electron chi connectivity index (χ2n) is 3.26. The molecular formula is C13H14Cl2N2O2. The fraction of sp³-hybridized carbons (Fsp3) is 0.308. The molecule has 0 atom stereocenters. The van der Waals surface area contributed by atoms with Gasteiger partial charge >= 0.3 is 0 Å². The van der Waals surface area contributed by atoms with Gasteiger partial charge in [-0.2, -0.15) is 0 Å². The number of nitrogens with one attached hydrogen (secondary N) is 1. The van der Waals surface area contributed by atoms with Gasteiger partial charge in [-0.05, 0) is 26.0 Å². The molecule has 1 rings (SSSR count). The Labute approximate surface area is 122 Å². The van der Waals surface area contributed by atoms with Crippen molar-refractivity contribution in [3.05, 3.63) is 22.2 Å². The van der Waals surface area contributed by atoms with Crippen molar-refractivity contribution in [2.75, 3.05) is 13.2 Å². The third kappa shape index (κ3) is 5.39. The Kier molecular flexibility index (Phi) is 7.12. The van der Waals surface area contributed by atoms with Gasteiger partial charge in [0.05, 0.1) is 22.3 Å². The molecule has 0 unspecified atom stereocenters. The molecule has 0 aliphatic heterocycles. The van der Waals surface area contributed by atoms with Crippen molar-refractivity contribution in [1.82, 2.24) is 5.48 Å². The molecular weight excluding hydrogens is 287 g/mol. The standard InChI is InChI=1S/C13H14Cl2N2O2/c1-3-5-6-18-13-11(14)7-10(8-12(13)15)16-9-17-19-4-2/h7-9H,4,6H2,1-2H3,(H,16,17). The van der Waals surface area contributed by atoms with Crippen LogP contribution in [-0.2, 0) is 4.84 Å². The Bertz CT molecular complexity index is 484. The maximum Gasteiger partial charge on any atom is 0.158 e. The van der Waals surface area contributed by atoms with Crippen molar-refractivity contribution in [3.63, 3.8) is 0 Å². The Balaban J connectivity index is 2.77. The molecule has 0 heterocycles. The van der Waals surface area contributed by atoms with Gasteiger partial charge in [-0.25, -0.2) is 4.99 Å². The van der Waals surface area contributed by atoms with Crippen molar-refractivity contribution in [3.8, 4) is 17.6 Å². The number of halogens is 2. The van der Waals surface area contributed by atoms with E-state index in [2.05, 4.69) is 22.3 Å².